The number of urea groups is 1. The minimum absolute atomic E-state index is 0.224. The van der Waals surface area contributed by atoms with Crippen LogP contribution in [0.2, 0.25) is 5.02 Å². The maximum Gasteiger partial charge on any atom is 0.319 e. The SMILES string of the molecule is CNC(=O)c1cc(NC(=O)NC[C@@H](C)Cn2cccn2)ccc1Cl. The molecule has 0 aliphatic rings. The smallest absolute Gasteiger partial charge is 0.319 e. The van der Waals surface area contributed by atoms with Crippen LogP contribution < -0.4 is 16.0 Å². The quantitative estimate of drug-likeness (QED) is 0.748. The molecule has 24 heavy (non-hydrogen) atoms. The van der Waals surface area contributed by atoms with Crippen molar-refractivity contribution < 1.29 is 9.59 Å². The number of amides is 3. The highest BCUT2D eigenvalue weighted by Crippen LogP contribution is 2.20. The third-order valence-electron chi connectivity index (χ3n) is 3.36. The zero-order chi connectivity index (χ0) is 17.5. The van der Waals surface area contributed by atoms with E-state index in [0.717, 1.165) is 6.54 Å². The Balaban J connectivity index is 1.87. The van der Waals surface area contributed by atoms with Gasteiger partial charge in [-0.25, -0.2) is 4.79 Å². The summed E-state index contributed by atoms with van der Waals surface area (Å²) < 4.78 is 1.82. The van der Waals surface area contributed by atoms with E-state index in [1.165, 1.54) is 13.1 Å². The first-order valence-electron chi connectivity index (χ1n) is 7.53. The Kier molecular flexibility index (Phi) is 6.20. The van der Waals surface area contributed by atoms with Crippen molar-refractivity contribution in [1.29, 1.82) is 0 Å². The van der Waals surface area contributed by atoms with Crippen LogP contribution in [0.4, 0.5) is 10.5 Å². The van der Waals surface area contributed by atoms with Gasteiger partial charge in [-0.3, -0.25) is 9.48 Å². The monoisotopic (exact) mass is 349 g/mol. The summed E-state index contributed by atoms with van der Waals surface area (Å²) in [6.07, 6.45) is 3.60. The number of nitrogens with one attached hydrogen (secondary N) is 3. The van der Waals surface area contributed by atoms with Gasteiger partial charge in [0.05, 0.1) is 10.6 Å². The molecule has 0 saturated heterocycles. The number of carbonyl (C=O) groups excluding carboxylic acids is 2. The number of carbonyl (C=O) groups is 2. The predicted octanol–water partition coefficient (Wildman–Crippen LogP) is 2.35. The van der Waals surface area contributed by atoms with E-state index >= 15 is 0 Å². The molecular weight excluding hydrogens is 330 g/mol. The Bertz CT molecular complexity index is 702. The van der Waals surface area contributed by atoms with Crippen molar-refractivity contribution in [3.63, 3.8) is 0 Å². The number of hydrogen-bond acceptors (Lipinski definition) is 3. The summed E-state index contributed by atoms with van der Waals surface area (Å²) in [4.78, 5) is 23.7. The first-order valence-corrected chi connectivity index (χ1v) is 7.91. The van der Waals surface area contributed by atoms with E-state index < -0.39 is 0 Å². The molecule has 0 aliphatic heterocycles. The second kappa shape index (κ2) is 8.35. The van der Waals surface area contributed by atoms with Crippen molar-refractivity contribution >= 4 is 29.2 Å². The second-order valence-electron chi connectivity index (χ2n) is 5.44. The molecule has 2 rings (SSSR count). The number of nitrogens with zero attached hydrogens (tertiary/aromatic N) is 2. The largest absolute Gasteiger partial charge is 0.355 e. The van der Waals surface area contributed by atoms with Gasteiger partial charge in [0.15, 0.2) is 0 Å². The Morgan fingerprint density at radius 2 is 2.17 bits per heavy atom. The number of rotatable bonds is 6. The van der Waals surface area contributed by atoms with E-state index in [4.69, 9.17) is 11.6 Å². The molecule has 3 N–H and O–H groups in total. The maximum absolute atomic E-state index is 12.0. The van der Waals surface area contributed by atoms with E-state index in [1.54, 1.807) is 18.3 Å². The molecule has 128 valence electrons. The van der Waals surface area contributed by atoms with Gasteiger partial charge in [0.2, 0.25) is 0 Å². The molecule has 3 amide bonds. The van der Waals surface area contributed by atoms with Gasteiger partial charge in [-0.1, -0.05) is 18.5 Å². The number of aromatic nitrogens is 2. The summed E-state index contributed by atoms with van der Waals surface area (Å²) in [6, 6.07) is 6.27. The van der Waals surface area contributed by atoms with Gasteiger partial charge < -0.3 is 16.0 Å². The standard InChI is InChI=1S/C16H20ClN5O2/c1-11(10-22-7-3-6-20-22)9-19-16(24)21-12-4-5-14(17)13(8-12)15(23)18-2/h3-8,11H,9-10H2,1-2H3,(H,18,23)(H2,19,21,24)/t11-/m1/s1. The molecule has 1 heterocycles. The Labute approximate surface area is 145 Å². The number of hydrogen-bond donors (Lipinski definition) is 3. The van der Waals surface area contributed by atoms with Crippen LogP contribution >= 0.6 is 11.6 Å². The molecule has 0 aliphatic carbocycles. The molecule has 7 nitrogen and oxygen atoms in total. The van der Waals surface area contributed by atoms with Crippen molar-refractivity contribution in [2.45, 2.75) is 13.5 Å². The highest BCUT2D eigenvalue weighted by molar-refractivity contribution is 6.34. The minimum Gasteiger partial charge on any atom is -0.355 e. The highest BCUT2D eigenvalue weighted by Gasteiger charge is 2.11. The lowest BCUT2D eigenvalue weighted by Crippen LogP contribution is -2.33. The summed E-state index contributed by atoms with van der Waals surface area (Å²) >= 11 is 5.98. The molecule has 0 spiro atoms. The van der Waals surface area contributed by atoms with Crippen molar-refractivity contribution in [1.82, 2.24) is 20.4 Å². The average Bonchev–Trinajstić information content (AvgIpc) is 3.07. The van der Waals surface area contributed by atoms with Gasteiger partial charge in [-0.2, -0.15) is 5.10 Å². The van der Waals surface area contributed by atoms with Crippen molar-refractivity contribution in [3.8, 4) is 0 Å². The van der Waals surface area contributed by atoms with Crippen LogP contribution in [0.5, 0.6) is 0 Å². The maximum atomic E-state index is 12.0. The van der Waals surface area contributed by atoms with E-state index in [0.29, 0.717) is 22.8 Å². The van der Waals surface area contributed by atoms with Crippen molar-refractivity contribution in [3.05, 3.63) is 47.2 Å². The van der Waals surface area contributed by atoms with Crippen LogP contribution in [0.1, 0.15) is 17.3 Å². The zero-order valence-corrected chi connectivity index (χ0v) is 14.3. The van der Waals surface area contributed by atoms with Crippen LogP contribution in [-0.4, -0.2) is 35.3 Å². The van der Waals surface area contributed by atoms with Crippen LogP contribution in [-0.2, 0) is 6.54 Å². The highest BCUT2D eigenvalue weighted by atomic mass is 35.5. The Morgan fingerprint density at radius 3 is 2.83 bits per heavy atom. The summed E-state index contributed by atoms with van der Waals surface area (Å²) in [5, 5.41) is 12.4. The lowest BCUT2D eigenvalue weighted by Gasteiger charge is -2.14. The summed E-state index contributed by atoms with van der Waals surface area (Å²) in [5.74, 6) is -0.0841. The zero-order valence-electron chi connectivity index (χ0n) is 13.5. The topological polar surface area (TPSA) is 88.0 Å². The molecule has 1 aromatic heterocycles. The summed E-state index contributed by atoms with van der Waals surface area (Å²) in [7, 11) is 1.52. The predicted molar refractivity (Wildman–Crippen MR) is 93.3 cm³/mol. The van der Waals surface area contributed by atoms with Gasteiger partial charge in [0.1, 0.15) is 0 Å². The molecular formula is C16H20ClN5O2. The van der Waals surface area contributed by atoms with Crippen molar-refractivity contribution in [2.75, 3.05) is 18.9 Å². The van der Waals surface area contributed by atoms with Gasteiger partial charge >= 0.3 is 6.03 Å². The van der Waals surface area contributed by atoms with Crippen LogP contribution in [0.25, 0.3) is 0 Å². The fourth-order valence-corrected chi connectivity index (χ4v) is 2.35. The van der Waals surface area contributed by atoms with E-state index in [-0.39, 0.29) is 17.9 Å². The Morgan fingerprint density at radius 1 is 1.38 bits per heavy atom. The Hall–Kier alpha value is -2.54. The molecule has 0 unspecified atom stereocenters. The molecule has 1 atom stereocenters. The lowest BCUT2D eigenvalue weighted by molar-refractivity contribution is 0.0963. The number of benzene rings is 1. The molecule has 1 aromatic carbocycles. The molecule has 0 saturated carbocycles. The van der Waals surface area contributed by atoms with Crippen LogP contribution in [0.3, 0.4) is 0 Å². The molecule has 8 heteroatoms. The van der Waals surface area contributed by atoms with E-state index in [1.807, 2.05) is 23.9 Å². The number of anilines is 1. The second-order valence-corrected chi connectivity index (χ2v) is 5.85. The lowest BCUT2D eigenvalue weighted by atomic mass is 10.2. The van der Waals surface area contributed by atoms with Gasteiger partial charge in [-0.15, -0.1) is 0 Å². The third kappa shape index (κ3) is 4.99. The number of halogens is 1. The normalized spacial score (nSPS) is 11.6. The van der Waals surface area contributed by atoms with Crippen LogP contribution in [0, 0.1) is 5.92 Å². The van der Waals surface area contributed by atoms with Crippen molar-refractivity contribution in [2.24, 2.45) is 5.92 Å². The van der Waals surface area contributed by atoms with Gasteiger partial charge in [0.25, 0.3) is 5.91 Å². The molecule has 0 radical (unpaired) electrons. The molecule has 0 bridgehead atoms. The fourth-order valence-electron chi connectivity index (χ4n) is 2.15. The summed E-state index contributed by atoms with van der Waals surface area (Å²) in [5.41, 5.74) is 0.805. The first-order chi connectivity index (χ1) is 11.5. The van der Waals surface area contributed by atoms with E-state index in [9.17, 15) is 9.59 Å². The third-order valence-corrected chi connectivity index (χ3v) is 3.69. The molecule has 0 fully saturated rings. The molecule has 2 aromatic rings. The first kappa shape index (κ1) is 17.8. The van der Waals surface area contributed by atoms with E-state index in [2.05, 4.69) is 21.0 Å². The average molecular weight is 350 g/mol. The van der Waals surface area contributed by atoms with Gasteiger partial charge in [0, 0.05) is 38.2 Å². The fraction of sp³-hybridized carbons (Fsp3) is 0.312. The summed E-state index contributed by atoms with van der Waals surface area (Å²) in [6.45, 7) is 3.24. The van der Waals surface area contributed by atoms with Gasteiger partial charge in [-0.05, 0) is 30.2 Å². The minimum atomic E-state index is -0.340. The van der Waals surface area contributed by atoms with Crippen LogP contribution in [0.15, 0.2) is 36.7 Å².